The molecule has 0 bridgehead atoms. The van der Waals surface area contributed by atoms with Crippen LogP contribution in [0.4, 0.5) is 23.2 Å². The summed E-state index contributed by atoms with van der Waals surface area (Å²) in [4.78, 5) is 27.0. The second-order valence-electron chi connectivity index (χ2n) is 7.46. The van der Waals surface area contributed by atoms with Crippen molar-refractivity contribution in [1.82, 2.24) is 10.2 Å². The van der Waals surface area contributed by atoms with E-state index in [1.54, 1.807) is 6.07 Å². The minimum atomic E-state index is -4.78. The van der Waals surface area contributed by atoms with Crippen molar-refractivity contribution in [3.8, 4) is 6.07 Å². The molecule has 0 aromatic heterocycles. The SMILES string of the molecule is CN/C=C(\C=N)[C@H]1[C@H](C(=O)Nc2cc(F)cc(C#N)c2)c2ccccc2C(=O)N1CC(F)(F)F. The number of anilines is 1. The Morgan fingerprint density at radius 3 is 2.59 bits per heavy atom. The molecular formula is C23H19F4N5O2. The van der Waals surface area contributed by atoms with E-state index in [9.17, 15) is 27.2 Å². The number of nitrogens with zero attached hydrogens (tertiary/aromatic N) is 2. The molecule has 11 heteroatoms. The Morgan fingerprint density at radius 1 is 1.26 bits per heavy atom. The number of hydrogen-bond acceptors (Lipinski definition) is 5. The van der Waals surface area contributed by atoms with Gasteiger partial charge in [-0.1, -0.05) is 18.2 Å². The predicted molar refractivity (Wildman–Crippen MR) is 116 cm³/mol. The van der Waals surface area contributed by atoms with E-state index >= 15 is 0 Å². The Balaban J connectivity index is 2.18. The van der Waals surface area contributed by atoms with Crippen LogP contribution in [-0.4, -0.2) is 48.7 Å². The molecule has 2 atom stereocenters. The Labute approximate surface area is 192 Å². The molecule has 176 valence electrons. The summed E-state index contributed by atoms with van der Waals surface area (Å²) in [7, 11) is 1.46. The number of nitriles is 1. The van der Waals surface area contributed by atoms with Gasteiger partial charge in [0.05, 0.1) is 23.6 Å². The number of alkyl halides is 3. The molecule has 34 heavy (non-hydrogen) atoms. The highest BCUT2D eigenvalue weighted by Crippen LogP contribution is 2.38. The number of benzene rings is 2. The average Bonchev–Trinajstić information content (AvgIpc) is 2.78. The van der Waals surface area contributed by atoms with Gasteiger partial charge in [0.15, 0.2) is 0 Å². The molecule has 0 aliphatic carbocycles. The molecule has 1 heterocycles. The van der Waals surface area contributed by atoms with Crippen molar-refractivity contribution in [3.05, 3.63) is 76.7 Å². The van der Waals surface area contributed by atoms with Gasteiger partial charge in [-0.05, 0) is 29.8 Å². The Morgan fingerprint density at radius 2 is 1.97 bits per heavy atom. The topological polar surface area (TPSA) is 109 Å². The fourth-order valence-corrected chi connectivity index (χ4v) is 3.94. The second kappa shape index (κ2) is 9.74. The van der Waals surface area contributed by atoms with Crippen LogP contribution in [0, 0.1) is 22.6 Å². The highest BCUT2D eigenvalue weighted by Gasteiger charge is 2.48. The number of fused-ring (bicyclic) bond motifs is 1. The standard InChI is InChI=1S/C23H19F4N5O2/c1-30-11-14(10-29)20-19(21(33)31-16-7-13(9-28)6-15(24)8-16)17-4-2-3-5-18(17)22(34)32(20)12-23(25,26)27/h2-8,10-11,19-20,29-30H,12H2,1H3,(H,31,33)/b14-11+,29-10?/t19-,20+/m1/s1. The lowest BCUT2D eigenvalue weighted by atomic mass is 9.79. The molecule has 2 aromatic carbocycles. The molecule has 0 saturated heterocycles. The lowest BCUT2D eigenvalue weighted by molar-refractivity contribution is -0.146. The van der Waals surface area contributed by atoms with Crippen molar-refractivity contribution < 1.29 is 27.2 Å². The molecule has 2 aromatic rings. The summed E-state index contributed by atoms with van der Waals surface area (Å²) in [6.07, 6.45) is -2.78. The van der Waals surface area contributed by atoms with Gasteiger partial charge in [0.2, 0.25) is 5.91 Å². The van der Waals surface area contributed by atoms with Crippen molar-refractivity contribution in [3.63, 3.8) is 0 Å². The van der Waals surface area contributed by atoms with Crippen LogP contribution in [0.25, 0.3) is 0 Å². The van der Waals surface area contributed by atoms with Gasteiger partial charge >= 0.3 is 6.18 Å². The van der Waals surface area contributed by atoms with Crippen molar-refractivity contribution in [1.29, 1.82) is 10.7 Å². The van der Waals surface area contributed by atoms with E-state index in [4.69, 9.17) is 10.7 Å². The average molecular weight is 473 g/mol. The quantitative estimate of drug-likeness (QED) is 0.440. The summed E-state index contributed by atoms with van der Waals surface area (Å²) < 4.78 is 54.3. The van der Waals surface area contributed by atoms with Crippen LogP contribution < -0.4 is 10.6 Å². The van der Waals surface area contributed by atoms with E-state index in [2.05, 4.69) is 10.6 Å². The zero-order valence-corrected chi connectivity index (χ0v) is 17.8. The van der Waals surface area contributed by atoms with Gasteiger partial charge in [-0.3, -0.25) is 9.59 Å². The number of carbonyl (C=O) groups excluding carboxylic acids is 2. The van der Waals surface area contributed by atoms with Crippen LogP contribution in [-0.2, 0) is 4.79 Å². The number of carbonyl (C=O) groups is 2. The van der Waals surface area contributed by atoms with Crippen molar-refractivity contribution >= 4 is 23.7 Å². The van der Waals surface area contributed by atoms with Crippen molar-refractivity contribution in [2.24, 2.45) is 0 Å². The van der Waals surface area contributed by atoms with Crippen LogP contribution in [0.3, 0.4) is 0 Å². The molecule has 0 radical (unpaired) electrons. The highest BCUT2D eigenvalue weighted by atomic mass is 19.4. The van der Waals surface area contributed by atoms with E-state index in [0.717, 1.165) is 18.3 Å². The smallest absolute Gasteiger partial charge is 0.394 e. The van der Waals surface area contributed by atoms with Crippen molar-refractivity contribution in [2.75, 3.05) is 18.9 Å². The molecule has 3 rings (SSSR count). The first kappa shape index (κ1) is 24.4. The van der Waals surface area contributed by atoms with Crippen LogP contribution in [0.5, 0.6) is 0 Å². The minimum absolute atomic E-state index is 0.0493. The number of rotatable bonds is 6. The second-order valence-corrected chi connectivity index (χ2v) is 7.46. The lowest BCUT2D eigenvalue weighted by Crippen LogP contribution is -2.55. The normalized spacial score (nSPS) is 18.1. The van der Waals surface area contributed by atoms with Crippen LogP contribution in [0.1, 0.15) is 27.4 Å². The molecule has 0 fully saturated rings. The molecule has 0 spiro atoms. The zero-order chi connectivity index (χ0) is 25.0. The summed E-state index contributed by atoms with van der Waals surface area (Å²) in [5.41, 5.74) is -0.124. The van der Waals surface area contributed by atoms with E-state index < -0.39 is 42.3 Å². The first-order valence-electron chi connectivity index (χ1n) is 9.95. The van der Waals surface area contributed by atoms with Gasteiger partial charge in [-0.15, -0.1) is 0 Å². The zero-order valence-electron chi connectivity index (χ0n) is 17.8. The van der Waals surface area contributed by atoms with Gasteiger partial charge in [-0.25, -0.2) is 4.39 Å². The van der Waals surface area contributed by atoms with Crippen LogP contribution in [0.15, 0.2) is 54.2 Å². The molecule has 0 saturated carbocycles. The fourth-order valence-electron chi connectivity index (χ4n) is 3.94. The molecule has 0 unspecified atom stereocenters. The minimum Gasteiger partial charge on any atom is -0.394 e. The highest BCUT2D eigenvalue weighted by molar-refractivity contribution is 6.06. The Hall–Kier alpha value is -4.20. The summed E-state index contributed by atoms with van der Waals surface area (Å²) >= 11 is 0. The number of halogens is 4. The molecule has 3 N–H and O–H groups in total. The van der Waals surface area contributed by atoms with Gasteiger partial charge in [0.1, 0.15) is 12.4 Å². The maximum atomic E-state index is 13.9. The first-order chi connectivity index (χ1) is 16.1. The molecule has 1 aliphatic heterocycles. The van der Waals surface area contributed by atoms with E-state index in [-0.39, 0.29) is 28.0 Å². The number of nitrogens with one attached hydrogen (secondary N) is 3. The van der Waals surface area contributed by atoms with Gasteiger partial charge in [0.25, 0.3) is 5.91 Å². The van der Waals surface area contributed by atoms with Crippen LogP contribution >= 0.6 is 0 Å². The summed E-state index contributed by atoms with van der Waals surface area (Å²) in [6.45, 7) is -1.65. The molecule has 7 nitrogen and oxygen atoms in total. The molecule has 1 aliphatic rings. The van der Waals surface area contributed by atoms with Gasteiger partial charge in [0, 0.05) is 36.3 Å². The molecule has 2 amide bonds. The Kier molecular flexibility index (Phi) is 7.00. The van der Waals surface area contributed by atoms with Crippen LogP contribution in [0.2, 0.25) is 0 Å². The fraction of sp³-hybridized carbons (Fsp3) is 0.217. The van der Waals surface area contributed by atoms with Crippen molar-refractivity contribution in [2.45, 2.75) is 18.1 Å². The Bertz CT molecular complexity index is 1200. The summed E-state index contributed by atoms with van der Waals surface area (Å²) in [5.74, 6) is -3.94. The maximum absolute atomic E-state index is 13.9. The largest absolute Gasteiger partial charge is 0.406 e. The lowest BCUT2D eigenvalue weighted by Gasteiger charge is -2.42. The third-order valence-electron chi connectivity index (χ3n) is 5.18. The monoisotopic (exact) mass is 473 g/mol. The molecular weight excluding hydrogens is 454 g/mol. The number of hydrogen-bond donors (Lipinski definition) is 3. The van der Waals surface area contributed by atoms with E-state index in [1.807, 2.05) is 0 Å². The third-order valence-corrected chi connectivity index (χ3v) is 5.18. The van der Waals surface area contributed by atoms with E-state index in [1.165, 1.54) is 43.6 Å². The van der Waals surface area contributed by atoms with E-state index in [0.29, 0.717) is 4.90 Å². The first-order valence-corrected chi connectivity index (χ1v) is 9.95. The summed E-state index contributed by atoms with van der Waals surface area (Å²) in [6, 6.07) is 9.16. The number of amides is 2. The predicted octanol–water partition coefficient (Wildman–Crippen LogP) is 3.56. The third kappa shape index (κ3) is 5.06. The summed E-state index contributed by atoms with van der Waals surface area (Å²) in [5, 5.41) is 21.9. The maximum Gasteiger partial charge on any atom is 0.406 e. The van der Waals surface area contributed by atoms with Gasteiger partial charge < -0.3 is 20.9 Å². The van der Waals surface area contributed by atoms with Gasteiger partial charge in [-0.2, -0.15) is 18.4 Å².